The van der Waals surface area contributed by atoms with Gasteiger partial charge in [0, 0.05) is 5.02 Å². The van der Waals surface area contributed by atoms with Crippen molar-refractivity contribution in [2.45, 2.75) is 19.1 Å². The molecule has 2 fully saturated rings. The third kappa shape index (κ3) is 3.57. The monoisotopic (exact) mass is 466 g/mol. The first-order chi connectivity index (χ1) is 16.0. The Morgan fingerprint density at radius 2 is 1.70 bits per heavy atom. The van der Waals surface area contributed by atoms with E-state index in [0.29, 0.717) is 27.7 Å². The number of ether oxygens (including phenoxy) is 1. The van der Waals surface area contributed by atoms with E-state index in [4.69, 9.17) is 25.6 Å². The van der Waals surface area contributed by atoms with Crippen LogP contribution < -0.4 is 9.96 Å². The second kappa shape index (κ2) is 8.38. The largest absolute Gasteiger partial charge is 0.467 e. The molecule has 0 spiro atoms. The maximum atomic E-state index is 13.5. The summed E-state index contributed by atoms with van der Waals surface area (Å²) in [5.74, 6) is -1.68. The fourth-order valence-corrected chi connectivity index (χ4v) is 4.32. The Bertz CT molecular complexity index is 1190. The molecule has 0 bridgehead atoms. The predicted octanol–water partition coefficient (Wildman–Crippen LogP) is 4.16. The topological polar surface area (TPSA) is 89.3 Å². The summed E-state index contributed by atoms with van der Waals surface area (Å²) in [4.78, 5) is 45.8. The van der Waals surface area contributed by atoms with Gasteiger partial charge in [0.15, 0.2) is 6.10 Å². The van der Waals surface area contributed by atoms with Gasteiger partial charge in [0.1, 0.15) is 17.7 Å². The lowest BCUT2D eigenvalue weighted by Crippen LogP contribution is -2.37. The SMILES string of the molecule is CCOC(=O)c1ccc(N2C(=O)[C@H]3[C@@H](c4ccco4)N(c4ccc(Cl)cc4)O[C@H]3C2=O)cc1. The van der Waals surface area contributed by atoms with Crippen LogP contribution in [0.25, 0.3) is 0 Å². The number of carbonyl (C=O) groups excluding carboxylic acids is 3. The fraction of sp³-hybridized carbons (Fsp3) is 0.208. The van der Waals surface area contributed by atoms with E-state index in [0.717, 1.165) is 4.90 Å². The van der Waals surface area contributed by atoms with Crippen molar-refractivity contribution in [3.8, 4) is 0 Å². The van der Waals surface area contributed by atoms with Crippen molar-refractivity contribution in [3.05, 3.63) is 83.3 Å². The van der Waals surface area contributed by atoms with Crippen molar-refractivity contribution in [1.82, 2.24) is 0 Å². The molecule has 3 heterocycles. The number of benzene rings is 2. The lowest BCUT2D eigenvalue weighted by Gasteiger charge is -2.27. The first-order valence-electron chi connectivity index (χ1n) is 10.4. The minimum absolute atomic E-state index is 0.253. The number of furan rings is 1. The van der Waals surface area contributed by atoms with E-state index in [-0.39, 0.29) is 6.61 Å². The highest BCUT2D eigenvalue weighted by Crippen LogP contribution is 2.47. The molecule has 0 saturated carbocycles. The van der Waals surface area contributed by atoms with Gasteiger partial charge < -0.3 is 9.15 Å². The van der Waals surface area contributed by atoms with Gasteiger partial charge in [0.25, 0.3) is 5.91 Å². The zero-order valence-electron chi connectivity index (χ0n) is 17.5. The number of hydrogen-bond donors (Lipinski definition) is 0. The highest BCUT2D eigenvalue weighted by Gasteiger charge is 2.61. The molecule has 2 amide bonds. The Kier molecular flexibility index (Phi) is 5.39. The molecule has 0 aliphatic carbocycles. The zero-order valence-corrected chi connectivity index (χ0v) is 18.3. The molecule has 2 aromatic carbocycles. The molecular formula is C24H19ClN2O6. The van der Waals surface area contributed by atoms with Crippen LogP contribution in [0.1, 0.15) is 29.1 Å². The second-order valence-corrected chi connectivity index (χ2v) is 8.03. The Morgan fingerprint density at radius 1 is 1.00 bits per heavy atom. The quantitative estimate of drug-likeness (QED) is 0.412. The highest BCUT2D eigenvalue weighted by molar-refractivity contribution is 6.30. The number of fused-ring (bicyclic) bond motifs is 1. The summed E-state index contributed by atoms with van der Waals surface area (Å²) in [5.41, 5.74) is 1.33. The van der Waals surface area contributed by atoms with E-state index in [1.807, 2.05) is 0 Å². The van der Waals surface area contributed by atoms with Crippen molar-refractivity contribution in [2.24, 2.45) is 5.92 Å². The summed E-state index contributed by atoms with van der Waals surface area (Å²) in [6.45, 7) is 1.97. The van der Waals surface area contributed by atoms with Crippen molar-refractivity contribution >= 4 is 40.8 Å². The third-order valence-corrected chi connectivity index (χ3v) is 5.92. The molecule has 3 atom stereocenters. The molecule has 8 nitrogen and oxygen atoms in total. The van der Waals surface area contributed by atoms with E-state index in [2.05, 4.69) is 0 Å². The van der Waals surface area contributed by atoms with E-state index in [9.17, 15) is 14.4 Å². The number of nitrogens with zero attached hydrogens (tertiary/aromatic N) is 2. The minimum atomic E-state index is -1.02. The molecule has 1 aromatic heterocycles. The van der Waals surface area contributed by atoms with Crippen LogP contribution >= 0.6 is 11.6 Å². The Hall–Kier alpha value is -3.62. The number of carbonyl (C=O) groups is 3. The first kappa shape index (κ1) is 21.2. The van der Waals surface area contributed by atoms with Crippen LogP contribution in [0.5, 0.6) is 0 Å². The molecule has 9 heteroatoms. The molecule has 0 N–H and O–H groups in total. The van der Waals surface area contributed by atoms with Gasteiger partial charge in [-0.2, -0.15) is 0 Å². The van der Waals surface area contributed by atoms with Gasteiger partial charge in [0.05, 0.1) is 29.8 Å². The van der Waals surface area contributed by atoms with Crippen LogP contribution in [0, 0.1) is 5.92 Å². The van der Waals surface area contributed by atoms with Gasteiger partial charge in [-0.25, -0.2) is 14.8 Å². The summed E-state index contributed by atoms with van der Waals surface area (Å²) in [5, 5.41) is 2.08. The van der Waals surface area contributed by atoms with Crippen LogP contribution in [0.15, 0.2) is 71.3 Å². The molecule has 3 aromatic rings. The Labute approximate surface area is 194 Å². The Morgan fingerprint density at radius 3 is 2.33 bits per heavy atom. The van der Waals surface area contributed by atoms with Crippen LogP contribution in [0.4, 0.5) is 11.4 Å². The molecule has 168 valence electrons. The zero-order chi connectivity index (χ0) is 23.1. The maximum absolute atomic E-state index is 13.5. The highest BCUT2D eigenvalue weighted by atomic mass is 35.5. The smallest absolute Gasteiger partial charge is 0.338 e. The number of esters is 1. The number of hydroxylamine groups is 1. The summed E-state index contributed by atoms with van der Waals surface area (Å²) < 4.78 is 10.6. The summed E-state index contributed by atoms with van der Waals surface area (Å²) >= 11 is 6.01. The summed E-state index contributed by atoms with van der Waals surface area (Å²) in [7, 11) is 0. The number of hydrogen-bond acceptors (Lipinski definition) is 7. The van der Waals surface area contributed by atoms with E-state index in [1.54, 1.807) is 55.5 Å². The van der Waals surface area contributed by atoms with Gasteiger partial charge >= 0.3 is 5.97 Å². The van der Waals surface area contributed by atoms with E-state index >= 15 is 0 Å². The molecule has 33 heavy (non-hydrogen) atoms. The fourth-order valence-electron chi connectivity index (χ4n) is 4.19. The first-order valence-corrected chi connectivity index (χ1v) is 10.8. The standard InChI is InChI=1S/C24H19ClN2O6/c1-2-31-24(30)14-5-9-16(10-6-14)26-22(28)19-20(18-4-3-13-32-18)27(33-21(19)23(26)29)17-11-7-15(25)8-12-17/h3-13,19-21H,2H2,1H3/t19-,20+,21+/m0/s1. The van der Waals surface area contributed by atoms with Crippen molar-refractivity contribution in [3.63, 3.8) is 0 Å². The van der Waals surface area contributed by atoms with E-state index in [1.165, 1.54) is 23.5 Å². The molecule has 5 rings (SSSR count). The number of anilines is 2. The molecule has 2 aliphatic heterocycles. The van der Waals surface area contributed by atoms with Crippen LogP contribution in [-0.4, -0.2) is 30.5 Å². The number of amides is 2. The van der Waals surface area contributed by atoms with Crippen LogP contribution in [0.3, 0.4) is 0 Å². The average Bonchev–Trinajstić information content (AvgIpc) is 3.52. The molecular weight excluding hydrogens is 448 g/mol. The predicted molar refractivity (Wildman–Crippen MR) is 119 cm³/mol. The Balaban J connectivity index is 1.48. The summed E-state index contributed by atoms with van der Waals surface area (Å²) in [6, 6.07) is 15.9. The summed E-state index contributed by atoms with van der Waals surface area (Å²) in [6.07, 6.45) is 0.489. The normalized spacial score (nSPS) is 22.1. The van der Waals surface area contributed by atoms with Gasteiger partial charge in [-0.1, -0.05) is 11.6 Å². The van der Waals surface area contributed by atoms with Gasteiger partial charge in [-0.15, -0.1) is 0 Å². The van der Waals surface area contributed by atoms with Crippen molar-refractivity contribution < 1.29 is 28.4 Å². The minimum Gasteiger partial charge on any atom is -0.467 e. The van der Waals surface area contributed by atoms with Gasteiger partial charge in [-0.05, 0) is 67.6 Å². The van der Waals surface area contributed by atoms with Gasteiger partial charge in [0.2, 0.25) is 5.91 Å². The van der Waals surface area contributed by atoms with E-state index < -0.39 is 35.8 Å². The molecule has 0 unspecified atom stereocenters. The molecule has 0 radical (unpaired) electrons. The lowest BCUT2D eigenvalue weighted by molar-refractivity contribution is -0.126. The van der Waals surface area contributed by atoms with Crippen molar-refractivity contribution in [1.29, 1.82) is 0 Å². The lowest BCUT2D eigenvalue weighted by atomic mass is 9.94. The van der Waals surface area contributed by atoms with Crippen molar-refractivity contribution in [2.75, 3.05) is 16.6 Å². The average molecular weight is 467 g/mol. The number of rotatable bonds is 5. The number of halogens is 1. The van der Waals surface area contributed by atoms with Gasteiger partial charge in [-0.3, -0.25) is 14.4 Å². The molecule has 2 saturated heterocycles. The maximum Gasteiger partial charge on any atom is 0.338 e. The number of imide groups is 1. The second-order valence-electron chi connectivity index (χ2n) is 7.59. The third-order valence-electron chi connectivity index (χ3n) is 5.67. The van der Waals surface area contributed by atoms with Crippen LogP contribution in [0.2, 0.25) is 5.02 Å². The molecule has 2 aliphatic rings. The van der Waals surface area contributed by atoms with Crippen LogP contribution in [-0.2, 0) is 19.2 Å².